The topological polar surface area (TPSA) is 109 Å². The van der Waals surface area contributed by atoms with Gasteiger partial charge in [0.2, 0.25) is 10.0 Å². The van der Waals surface area contributed by atoms with Crippen LogP contribution in [0.5, 0.6) is 0 Å². The lowest BCUT2D eigenvalue weighted by atomic mass is 10.2. The summed E-state index contributed by atoms with van der Waals surface area (Å²) < 4.78 is 33.9. The Labute approximate surface area is 196 Å². The molecule has 2 aromatic carbocycles. The molecule has 8 nitrogen and oxygen atoms in total. The van der Waals surface area contributed by atoms with Gasteiger partial charge in [-0.15, -0.1) is 11.3 Å². The van der Waals surface area contributed by atoms with E-state index in [1.165, 1.54) is 23.5 Å². The van der Waals surface area contributed by atoms with Crippen molar-refractivity contribution in [3.8, 4) is 0 Å². The number of nitrogens with zero attached hydrogens (tertiary/aromatic N) is 1. The Morgan fingerprint density at radius 2 is 1.85 bits per heavy atom. The molecule has 1 aliphatic rings. The Morgan fingerprint density at radius 3 is 2.58 bits per heavy atom. The number of benzene rings is 2. The van der Waals surface area contributed by atoms with Crippen LogP contribution in [-0.4, -0.2) is 33.0 Å². The molecule has 0 radical (unpaired) electrons. The number of carbonyl (C=O) groups excluding carboxylic acids is 1. The molecule has 0 amide bonds. The number of esters is 1. The zero-order valence-corrected chi connectivity index (χ0v) is 19.8. The van der Waals surface area contributed by atoms with Gasteiger partial charge in [0.25, 0.3) is 0 Å². The molecule has 1 aromatic heterocycles. The normalized spacial score (nSPS) is 15.2. The third-order valence-electron chi connectivity index (χ3n) is 4.91. The monoisotopic (exact) mass is 484 g/mol. The van der Waals surface area contributed by atoms with Gasteiger partial charge in [-0.3, -0.25) is 0 Å². The number of hydrogen-bond donors (Lipinski definition) is 3. The molecule has 10 heteroatoms. The molecule has 4 rings (SSSR count). The fraction of sp³-hybridized carbons (Fsp3) is 0.217. The summed E-state index contributed by atoms with van der Waals surface area (Å²) in [7, 11) is -3.84. The number of carbonyl (C=O) groups is 1. The molecular formula is C23H24N4O4S2. The Kier molecular flexibility index (Phi) is 6.77. The van der Waals surface area contributed by atoms with Crippen molar-refractivity contribution in [2.45, 2.75) is 31.3 Å². The second-order valence-corrected chi connectivity index (χ2v) is 10.0. The smallest absolute Gasteiger partial charge is 0.341 e. The van der Waals surface area contributed by atoms with Crippen molar-refractivity contribution in [1.29, 1.82) is 0 Å². The van der Waals surface area contributed by atoms with E-state index in [1.54, 1.807) is 31.2 Å². The van der Waals surface area contributed by atoms with Gasteiger partial charge in [0.05, 0.1) is 28.4 Å². The first kappa shape index (κ1) is 23.0. The summed E-state index contributed by atoms with van der Waals surface area (Å²) in [5, 5.41) is 6.93. The largest absolute Gasteiger partial charge is 0.462 e. The van der Waals surface area contributed by atoms with E-state index in [4.69, 9.17) is 4.74 Å². The van der Waals surface area contributed by atoms with Crippen molar-refractivity contribution in [2.24, 2.45) is 4.99 Å². The zero-order chi connectivity index (χ0) is 23.4. The number of hydrogen-bond acceptors (Lipinski definition) is 8. The van der Waals surface area contributed by atoms with E-state index < -0.39 is 22.2 Å². The molecule has 1 unspecified atom stereocenters. The molecule has 2 heterocycles. The minimum atomic E-state index is -3.84. The average Bonchev–Trinajstić information content (AvgIpc) is 3.23. The van der Waals surface area contributed by atoms with Crippen molar-refractivity contribution in [2.75, 3.05) is 17.2 Å². The zero-order valence-electron chi connectivity index (χ0n) is 18.2. The number of sulfonamides is 1. The van der Waals surface area contributed by atoms with E-state index >= 15 is 0 Å². The van der Waals surface area contributed by atoms with Gasteiger partial charge in [-0.2, -0.15) is 4.72 Å². The number of anilines is 2. The quantitative estimate of drug-likeness (QED) is 0.430. The maximum atomic E-state index is 13.0. The van der Waals surface area contributed by atoms with E-state index in [1.807, 2.05) is 31.2 Å². The SMILES string of the molecule is CCOC(=O)c1cc(CC)sc1NC1=Nc2ccccc2NC1NS(=O)(=O)c1ccccc1. The lowest BCUT2D eigenvalue weighted by Crippen LogP contribution is -2.50. The summed E-state index contributed by atoms with van der Waals surface area (Å²) in [6.07, 6.45) is -0.136. The molecule has 0 saturated heterocycles. The molecule has 3 aromatic rings. The number of thiophene rings is 1. The number of amidine groups is 1. The van der Waals surface area contributed by atoms with Crippen LogP contribution in [0.2, 0.25) is 0 Å². The second-order valence-electron chi connectivity index (χ2n) is 7.18. The highest BCUT2D eigenvalue weighted by molar-refractivity contribution is 7.89. The van der Waals surface area contributed by atoms with Crippen LogP contribution in [0, 0.1) is 0 Å². The standard InChI is InChI=1S/C23H24N4O4S2/c1-3-15-14-17(23(28)31-4-2)22(32-15)26-20-21(25-19-13-9-8-12-18(19)24-20)27-33(29,30)16-10-6-5-7-11-16/h5-14,21,25,27H,3-4H2,1-2H3,(H,24,26). The van der Waals surface area contributed by atoms with Crippen molar-refractivity contribution in [3.05, 3.63) is 71.1 Å². The molecule has 172 valence electrons. The van der Waals surface area contributed by atoms with Gasteiger partial charge in [-0.05, 0) is 43.7 Å². The van der Waals surface area contributed by atoms with E-state index in [9.17, 15) is 13.2 Å². The first-order valence-corrected chi connectivity index (χ1v) is 12.8. The number of nitrogens with one attached hydrogen (secondary N) is 3. The molecule has 0 bridgehead atoms. The lowest BCUT2D eigenvalue weighted by Gasteiger charge is -2.28. The summed E-state index contributed by atoms with van der Waals surface area (Å²) >= 11 is 1.41. The summed E-state index contributed by atoms with van der Waals surface area (Å²) in [5.41, 5.74) is 1.74. The number of ether oxygens (including phenoxy) is 1. The molecule has 33 heavy (non-hydrogen) atoms. The van der Waals surface area contributed by atoms with E-state index in [0.717, 1.165) is 11.3 Å². The fourth-order valence-electron chi connectivity index (χ4n) is 3.31. The first-order chi connectivity index (χ1) is 15.9. The molecule has 1 atom stereocenters. The Morgan fingerprint density at radius 1 is 1.12 bits per heavy atom. The summed E-state index contributed by atoms with van der Waals surface area (Å²) in [6, 6.07) is 17.2. The molecule has 0 fully saturated rings. The van der Waals surface area contributed by atoms with Gasteiger partial charge < -0.3 is 15.4 Å². The van der Waals surface area contributed by atoms with Crippen LogP contribution in [0.4, 0.5) is 16.4 Å². The molecule has 1 aliphatic heterocycles. The third-order valence-corrected chi connectivity index (χ3v) is 7.55. The minimum absolute atomic E-state index is 0.140. The van der Waals surface area contributed by atoms with Crippen LogP contribution in [0.3, 0.4) is 0 Å². The number of aliphatic imine (C=N–C) groups is 1. The van der Waals surface area contributed by atoms with Crippen molar-refractivity contribution in [3.63, 3.8) is 0 Å². The minimum Gasteiger partial charge on any atom is -0.462 e. The summed E-state index contributed by atoms with van der Waals surface area (Å²) in [5.74, 6) is -0.120. The highest BCUT2D eigenvalue weighted by Gasteiger charge is 2.29. The van der Waals surface area contributed by atoms with Crippen molar-refractivity contribution < 1.29 is 17.9 Å². The van der Waals surface area contributed by atoms with Crippen LogP contribution >= 0.6 is 11.3 Å². The highest BCUT2D eigenvalue weighted by atomic mass is 32.2. The van der Waals surface area contributed by atoms with Gasteiger partial charge in [0.15, 0.2) is 0 Å². The molecule has 3 N–H and O–H groups in total. The summed E-state index contributed by atoms with van der Waals surface area (Å²) in [6.45, 7) is 4.00. The number of para-hydroxylation sites is 2. The van der Waals surface area contributed by atoms with E-state index in [0.29, 0.717) is 27.8 Å². The van der Waals surface area contributed by atoms with Gasteiger partial charge in [0.1, 0.15) is 17.0 Å². The van der Waals surface area contributed by atoms with Crippen LogP contribution in [0.25, 0.3) is 0 Å². The highest BCUT2D eigenvalue weighted by Crippen LogP contribution is 2.33. The Hall–Kier alpha value is -3.21. The van der Waals surface area contributed by atoms with Crippen LogP contribution < -0.4 is 15.4 Å². The van der Waals surface area contributed by atoms with Crippen LogP contribution in [0.1, 0.15) is 29.1 Å². The summed E-state index contributed by atoms with van der Waals surface area (Å²) in [4.78, 5) is 18.3. The maximum Gasteiger partial charge on any atom is 0.341 e. The van der Waals surface area contributed by atoms with Crippen molar-refractivity contribution >= 4 is 49.5 Å². The van der Waals surface area contributed by atoms with Gasteiger partial charge in [0, 0.05) is 4.88 Å². The first-order valence-electron chi connectivity index (χ1n) is 10.5. The van der Waals surface area contributed by atoms with Crippen molar-refractivity contribution in [1.82, 2.24) is 4.72 Å². The van der Waals surface area contributed by atoms with E-state index in [2.05, 4.69) is 20.3 Å². The van der Waals surface area contributed by atoms with Gasteiger partial charge >= 0.3 is 5.97 Å². The third kappa shape index (κ3) is 5.08. The second kappa shape index (κ2) is 9.74. The molecule has 0 saturated carbocycles. The molecule has 0 spiro atoms. The fourth-order valence-corrected chi connectivity index (χ4v) is 5.43. The van der Waals surface area contributed by atoms with Crippen LogP contribution in [-0.2, 0) is 21.2 Å². The number of rotatable bonds is 7. The Bertz CT molecular complexity index is 1290. The predicted octanol–water partition coefficient (Wildman–Crippen LogP) is 4.36. The van der Waals surface area contributed by atoms with E-state index in [-0.39, 0.29) is 11.5 Å². The van der Waals surface area contributed by atoms with Crippen LogP contribution in [0.15, 0.2) is 70.6 Å². The Balaban J connectivity index is 1.70. The predicted molar refractivity (Wildman–Crippen MR) is 131 cm³/mol. The van der Waals surface area contributed by atoms with Gasteiger partial charge in [-0.1, -0.05) is 37.3 Å². The average molecular weight is 485 g/mol. The molecule has 0 aliphatic carbocycles. The maximum absolute atomic E-state index is 13.0. The molecular weight excluding hydrogens is 460 g/mol. The number of fused-ring (bicyclic) bond motifs is 1. The van der Waals surface area contributed by atoms with Gasteiger partial charge in [-0.25, -0.2) is 18.2 Å². The lowest BCUT2D eigenvalue weighted by molar-refractivity contribution is 0.0528. The number of aryl methyl sites for hydroxylation is 1.